The van der Waals surface area contributed by atoms with Gasteiger partial charge in [-0.25, -0.2) is 0 Å². The summed E-state index contributed by atoms with van der Waals surface area (Å²) in [5.74, 6) is 1.19. The zero-order valence-electron chi connectivity index (χ0n) is 8.29. The van der Waals surface area contributed by atoms with Crippen molar-refractivity contribution in [1.29, 1.82) is 0 Å². The van der Waals surface area contributed by atoms with Crippen LogP contribution in [0.15, 0.2) is 40.8 Å². The number of nitro benzene ring substituents is 1. The topological polar surface area (TPSA) is 56.3 Å². The lowest BCUT2D eigenvalue weighted by molar-refractivity contribution is -0.384. The van der Waals surface area contributed by atoms with Crippen LogP contribution in [0.3, 0.4) is 0 Å². The van der Waals surface area contributed by atoms with Crippen LogP contribution < -0.4 is 0 Å². The molecule has 0 N–H and O–H groups in total. The molecule has 1 radical (unpaired) electrons. The Balaban J connectivity index is 2.34. The molecule has 0 amide bonds. The summed E-state index contributed by atoms with van der Waals surface area (Å²) in [6.07, 6.45) is 1.36. The van der Waals surface area contributed by atoms with Gasteiger partial charge in [0.15, 0.2) is 0 Å². The monoisotopic (exact) mass is 214 g/mol. The second kappa shape index (κ2) is 4.02. The van der Waals surface area contributed by atoms with Gasteiger partial charge in [-0.05, 0) is 30.3 Å². The van der Waals surface area contributed by atoms with Gasteiger partial charge in [0.1, 0.15) is 11.5 Å². The Labute approximate surface area is 92.0 Å². The Morgan fingerprint density at radius 1 is 1.19 bits per heavy atom. The van der Waals surface area contributed by atoms with Gasteiger partial charge in [-0.3, -0.25) is 10.1 Å². The van der Waals surface area contributed by atoms with E-state index < -0.39 is 4.92 Å². The van der Waals surface area contributed by atoms with E-state index >= 15 is 0 Å². The second-order valence-electron chi connectivity index (χ2n) is 3.17. The van der Waals surface area contributed by atoms with E-state index in [-0.39, 0.29) is 5.69 Å². The first-order valence-electron chi connectivity index (χ1n) is 4.60. The van der Waals surface area contributed by atoms with E-state index in [4.69, 9.17) is 11.0 Å². The highest BCUT2D eigenvalue weighted by molar-refractivity contribution is 5.61. The van der Waals surface area contributed by atoms with Crippen molar-refractivity contribution in [2.45, 2.75) is 0 Å². The molecule has 16 heavy (non-hydrogen) atoms. The molecule has 0 saturated carbocycles. The van der Waals surface area contributed by atoms with Gasteiger partial charge in [0.05, 0.1) is 4.92 Å². The second-order valence-corrected chi connectivity index (χ2v) is 3.17. The highest BCUT2D eigenvalue weighted by Crippen LogP contribution is 2.24. The largest absolute Gasteiger partial charge is 0.457 e. The highest BCUT2D eigenvalue weighted by atomic mass is 16.6. The average Bonchev–Trinajstić information content (AvgIpc) is 2.77. The number of nitro groups is 1. The van der Waals surface area contributed by atoms with Gasteiger partial charge in [0.2, 0.25) is 0 Å². The molecular weight excluding hydrogens is 206 g/mol. The van der Waals surface area contributed by atoms with Crippen molar-refractivity contribution in [3.05, 3.63) is 58.9 Å². The molecular formula is C12H8NO3. The molecule has 4 heteroatoms. The third-order valence-corrected chi connectivity index (χ3v) is 2.15. The lowest BCUT2D eigenvalue weighted by Crippen LogP contribution is -1.86. The predicted molar refractivity (Wildman–Crippen MR) is 59.6 cm³/mol. The lowest BCUT2D eigenvalue weighted by atomic mass is 10.1. The number of nitrogens with zero attached hydrogens (tertiary/aromatic N) is 1. The van der Waals surface area contributed by atoms with Gasteiger partial charge >= 0.3 is 0 Å². The van der Waals surface area contributed by atoms with Crippen LogP contribution >= 0.6 is 0 Å². The molecule has 0 spiro atoms. The molecule has 0 aliphatic carbocycles. The van der Waals surface area contributed by atoms with Crippen LogP contribution in [-0.4, -0.2) is 4.92 Å². The first-order valence-corrected chi connectivity index (χ1v) is 4.60. The predicted octanol–water partition coefficient (Wildman–Crippen LogP) is 3.30. The molecule has 2 aromatic rings. The first kappa shape index (κ1) is 10.2. The van der Waals surface area contributed by atoms with E-state index in [0.29, 0.717) is 11.5 Å². The minimum Gasteiger partial charge on any atom is -0.457 e. The van der Waals surface area contributed by atoms with Crippen molar-refractivity contribution in [2.75, 3.05) is 0 Å². The highest BCUT2D eigenvalue weighted by Gasteiger charge is 2.07. The van der Waals surface area contributed by atoms with Crippen molar-refractivity contribution >= 4 is 11.8 Å². The summed E-state index contributed by atoms with van der Waals surface area (Å²) in [5, 5.41) is 10.5. The number of furan rings is 1. The zero-order chi connectivity index (χ0) is 11.5. The lowest BCUT2D eigenvalue weighted by Gasteiger charge is -1.96. The first-order chi connectivity index (χ1) is 7.70. The molecule has 0 fully saturated rings. The molecule has 2 rings (SSSR count). The third-order valence-electron chi connectivity index (χ3n) is 2.15. The molecule has 0 saturated heterocycles. The van der Waals surface area contributed by atoms with E-state index in [1.165, 1.54) is 18.2 Å². The van der Waals surface area contributed by atoms with Gasteiger partial charge in [0, 0.05) is 17.7 Å². The molecule has 0 unspecified atom stereocenters. The van der Waals surface area contributed by atoms with Gasteiger partial charge in [-0.2, -0.15) is 0 Å². The Bertz CT molecular complexity index is 525. The number of hydrogen-bond acceptors (Lipinski definition) is 3. The molecule has 4 nitrogen and oxygen atoms in total. The van der Waals surface area contributed by atoms with Gasteiger partial charge in [-0.15, -0.1) is 0 Å². The van der Waals surface area contributed by atoms with Gasteiger partial charge < -0.3 is 4.42 Å². The molecule has 79 valence electrons. The Morgan fingerprint density at radius 2 is 1.88 bits per heavy atom. The quantitative estimate of drug-likeness (QED) is 0.581. The summed E-state index contributed by atoms with van der Waals surface area (Å²) < 4.78 is 5.37. The molecule has 0 aliphatic rings. The number of hydrogen-bond donors (Lipinski definition) is 0. The maximum Gasteiger partial charge on any atom is 0.269 e. The van der Waals surface area contributed by atoms with Crippen LogP contribution in [0.25, 0.3) is 17.4 Å². The van der Waals surface area contributed by atoms with E-state index in [1.54, 1.807) is 24.3 Å². The van der Waals surface area contributed by atoms with Crippen molar-refractivity contribution in [2.24, 2.45) is 0 Å². The summed E-state index contributed by atoms with van der Waals surface area (Å²) in [7, 11) is 0. The molecule has 0 bridgehead atoms. The SMILES string of the molecule is [CH]=Cc1ccc(-c2ccc([N+](=O)[O-])cc2)o1. The molecule has 1 aromatic carbocycles. The maximum atomic E-state index is 10.5. The summed E-state index contributed by atoms with van der Waals surface area (Å²) in [6.45, 7) is 5.30. The molecule has 1 heterocycles. The number of benzene rings is 1. The average molecular weight is 214 g/mol. The van der Waals surface area contributed by atoms with Gasteiger partial charge in [-0.1, -0.05) is 6.58 Å². The Hall–Kier alpha value is -2.36. The van der Waals surface area contributed by atoms with Crippen LogP contribution in [0.1, 0.15) is 5.76 Å². The number of non-ortho nitro benzene ring substituents is 1. The van der Waals surface area contributed by atoms with Gasteiger partial charge in [0.25, 0.3) is 5.69 Å². The standard InChI is InChI=1S/C12H8NO3/c1-2-11-7-8-12(16-11)9-3-5-10(6-4-9)13(14)15/h1-8H. The third kappa shape index (κ3) is 1.86. The van der Waals surface area contributed by atoms with E-state index in [1.807, 2.05) is 0 Å². The Morgan fingerprint density at radius 3 is 2.38 bits per heavy atom. The smallest absolute Gasteiger partial charge is 0.269 e. The minimum atomic E-state index is -0.439. The van der Waals surface area contributed by atoms with Crippen molar-refractivity contribution in [3.63, 3.8) is 0 Å². The van der Waals surface area contributed by atoms with Crippen molar-refractivity contribution < 1.29 is 9.34 Å². The fraction of sp³-hybridized carbons (Fsp3) is 0. The van der Waals surface area contributed by atoms with E-state index in [9.17, 15) is 10.1 Å². The molecule has 1 aromatic heterocycles. The van der Waals surface area contributed by atoms with Crippen molar-refractivity contribution in [3.8, 4) is 11.3 Å². The summed E-state index contributed by atoms with van der Waals surface area (Å²) in [5.41, 5.74) is 0.833. The summed E-state index contributed by atoms with van der Waals surface area (Å²) in [6, 6.07) is 9.64. The minimum absolute atomic E-state index is 0.0564. The van der Waals surface area contributed by atoms with Crippen LogP contribution in [0.2, 0.25) is 0 Å². The van der Waals surface area contributed by atoms with Crippen molar-refractivity contribution in [1.82, 2.24) is 0 Å². The molecule has 0 atom stereocenters. The Kier molecular flexibility index (Phi) is 2.55. The van der Waals surface area contributed by atoms with Crippen LogP contribution in [0, 0.1) is 16.7 Å². The zero-order valence-corrected chi connectivity index (χ0v) is 8.29. The van der Waals surface area contributed by atoms with E-state index in [2.05, 4.69) is 0 Å². The van der Waals surface area contributed by atoms with E-state index in [0.717, 1.165) is 5.56 Å². The van der Waals surface area contributed by atoms with Crippen LogP contribution in [0.5, 0.6) is 0 Å². The maximum absolute atomic E-state index is 10.5. The number of rotatable bonds is 3. The normalized spacial score (nSPS) is 10.0. The summed E-state index contributed by atoms with van der Waals surface area (Å²) >= 11 is 0. The fourth-order valence-corrected chi connectivity index (χ4v) is 1.34. The van der Waals surface area contributed by atoms with Crippen LogP contribution in [0.4, 0.5) is 5.69 Å². The van der Waals surface area contributed by atoms with Crippen LogP contribution in [-0.2, 0) is 0 Å². The molecule has 0 aliphatic heterocycles. The fourth-order valence-electron chi connectivity index (χ4n) is 1.34. The summed E-state index contributed by atoms with van der Waals surface area (Å²) in [4.78, 5) is 10.0.